The van der Waals surface area contributed by atoms with E-state index < -0.39 is 0 Å². The second kappa shape index (κ2) is 7.86. The molecule has 0 radical (unpaired) electrons. The van der Waals surface area contributed by atoms with Gasteiger partial charge in [-0.15, -0.1) is 0 Å². The molecule has 0 rings (SSSR count). The van der Waals surface area contributed by atoms with Gasteiger partial charge < -0.3 is 5.32 Å². The van der Waals surface area contributed by atoms with Gasteiger partial charge in [0.05, 0.1) is 0 Å². The van der Waals surface area contributed by atoms with E-state index >= 15 is 0 Å². The van der Waals surface area contributed by atoms with Crippen LogP contribution < -0.4 is 5.32 Å². The smallest absolute Gasteiger partial charge is 0.135 e. The van der Waals surface area contributed by atoms with Crippen LogP contribution >= 0.6 is 0 Å². The van der Waals surface area contributed by atoms with Gasteiger partial charge in [0.25, 0.3) is 0 Å². The highest BCUT2D eigenvalue weighted by Gasteiger charge is 2.32. The standard InChI is InChI=1S/C13H27NO.C2H6/c1-10(2)14-9-12(4,5)8-13(6,7)11(3)15;1-2/h10,14H,8-9H2,1-7H3;1-2H3. The summed E-state index contributed by atoms with van der Waals surface area (Å²) in [5, 5.41) is 3.44. The molecule has 17 heavy (non-hydrogen) atoms. The molecule has 0 aliphatic rings. The van der Waals surface area contributed by atoms with Crippen molar-refractivity contribution in [2.24, 2.45) is 10.8 Å². The Labute approximate surface area is 109 Å². The van der Waals surface area contributed by atoms with E-state index in [4.69, 9.17) is 0 Å². The predicted molar refractivity (Wildman–Crippen MR) is 77.3 cm³/mol. The van der Waals surface area contributed by atoms with Gasteiger partial charge in [-0.25, -0.2) is 0 Å². The number of ketones is 1. The minimum absolute atomic E-state index is 0.166. The molecule has 0 aliphatic heterocycles. The molecule has 0 fully saturated rings. The van der Waals surface area contributed by atoms with Crippen LogP contribution in [0.2, 0.25) is 0 Å². The molecule has 0 spiro atoms. The topological polar surface area (TPSA) is 29.1 Å². The molecule has 0 aromatic heterocycles. The second-order valence-electron chi connectivity index (χ2n) is 6.32. The fraction of sp³-hybridized carbons (Fsp3) is 0.933. The Morgan fingerprint density at radius 2 is 1.53 bits per heavy atom. The normalized spacial score (nSPS) is 12.1. The molecule has 2 nitrogen and oxygen atoms in total. The highest BCUT2D eigenvalue weighted by atomic mass is 16.1. The fourth-order valence-electron chi connectivity index (χ4n) is 1.86. The maximum absolute atomic E-state index is 11.5. The van der Waals surface area contributed by atoms with E-state index in [-0.39, 0.29) is 16.6 Å². The van der Waals surface area contributed by atoms with Crippen LogP contribution in [0.1, 0.15) is 68.7 Å². The van der Waals surface area contributed by atoms with E-state index in [1.54, 1.807) is 6.92 Å². The maximum atomic E-state index is 11.5. The minimum Gasteiger partial charge on any atom is -0.314 e. The molecule has 1 N–H and O–H groups in total. The number of rotatable bonds is 6. The van der Waals surface area contributed by atoms with Crippen molar-refractivity contribution in [2.45, 2.75) is 74.8 Å². The van der Waals surface area contributed by atoms with Crippen LogP contribution in [0.5, 0.6) is 0 Å². The van der Waals surface area contributed by atoms with Gasteiger partial charge in [-0.3, -0.25) is 4.79 Å². The Balaban J connectivity index is 0. The molecule has 0 aromatic rings. The number of carbonyl (C=O) groups is 1. The fourth-order valence-corrected chi connectivity index (χ4v) is 1.86. The summed E-state index contributed by atoms with van der Waals surface area (Å²) in [5.41, 5.74) is -0.0401. The Morgan fingerprint density at radius 1 is 1.12 bits per heavy atom. The zero-order valence-corrected chi connectivity index (χ0v) is 13.4. The molecule has 2 heteroatoms. The Kier molecular flexibility index (Phi) is 8.78. The predicted octanol–water partition coefficient (Wildman–Crippen LogP) is 4.04. The van der Waals surface area contributed by atoms with E-state index in [9.17, 15) is 4.79 Å². The molecule has 0 saturated heterocycles. The summed E-state index contributed by atoms with van der Waals surface area (Å²) in [6.07, 6.45) is 0.926. The minimum atomic E-state index is -0.206. The van der Waals surface area contributed by atoms with Gasteiger partial charge in [0, 0.05) is 18.0 Å². The van der Waals surface area contributed by atoms with Crippen LogP contribution in [-0.2, 0) is 4.79 Å². The highest BCUT2D eigenvalue weighted by Crippen LogP contribution is 2.33. The lowest BCUT2D eigenvalue weighted by molar-refractivity contribution is -0.126. The van der Waals surface area contributed by atoms with Gasteiger partial charge in [0.15, 0.2) is 0 Å². The lowest BCUT2D eigenvalue weighted by atomic mass is 9.73. The molecule has 0 bridgehead atoms. The number of carbonyl (C=O) groups excluding carboxylic acids is 1. The lowest BCUT2D eigenvalue weighted by Crippen LogP contribution is -2.38. The summed E-state index contributed by atoms with van der Waals surface area (Å²) in [5.74, 6) is 0.278. The van der Waals surface area contributed by atoms with Crippen LogP contribution in [0.25, 0.3) is 0 Å². The molecule has 0 saturated carbocycles. The molecule has 0 atom stereocenters. The average Bonchev–Trinajstić information content (AvgIpc) is 2.16. The van der Waals surface area contributed by atoms with Crippen molar-refractivity contribution in [2.75, 3.05) is 6.54 Å². The molecule has 0 unspecified atom stereocenters. The summed E-state index contributed by atoms with van der Waals surface area (Å²) >= 11 is 0. The van der Waals surface area contributed by atoms with Crippen LogP contribution in [0.15, 0.2) is 0 Å². The molecular weight excluding hydrogens is 210 g/mol. The van der Waals surface area contributed by atoms with Gasteiger partial charge in [-0.2, -0.15) is 0 Å². The highest BCUT2D eigenvalue weighted by molar-refractivity contribution is 5.81. The van der Waals surface area contributed by atoms with E-state index in [1.165, 1.54) is 0 Å². The molecule has 0 aliphatic carbocycles. The Hall–Kier alpha value is -0.370. The number of hydrogen-bond donors (Lipinski definition) is 1. The van der Waals surface area contributed by atoms with E-state index in [1.807, 2.05) is 27.7 Å². The third-order valence-electron chi connectivity index (χ3n) is 2.86. The quantitative estimate of drug-likeness (QED) is 0.763. The molecule has 0 aromatic carbocycles. The van der Waals surface area contributed by atoms with Crippen molar-refractivity contribution in [1.82, 2.24) is 5.32 Å². The van der Waals surface area contributed by atoms with Crippen molar-refractivity contribution in [3.63, 3.8) is 0 Å². The first-order chi connectivity index (χ1) is 7.57. The number of Topliss-reactive ketones (excluding diaryl/α,β-unsaturated/α-hetero) is 1. The molecule has 0 amide bonds. The van der Waals surface area contributed by atoms with Gasteiger partial charge in [-0.05, 0) is 18.8 Å². The molecular formula is C15H33NO. The zero-order chi connectivity index (χ0) is 14.3. The van der Waals surface area contributed by atoms with Crippen LogP contribution in [-0.4, -0.2) is 18.4 Å². The summed E-state index contributed by atoms with van der Waals surface area (Å²) in [6.45, 7) is 19.4. The first-order valence-corrected chi connectivity index (χ1v) is 6.81. The van der Waals surface area contributed by atoms with Crippen molar-refractivity contribution >= 4 is 5.78 Å². The van der Waals surface area contributed by atoms with Gasteiger partial charge in [-0.1, -0.05) is 55.4 Å². The number of nitrogens with one attached hydrogen (secondary N) is 1. The van der Waals surface area contributed by atoms with E-state index in [2.05, 4.69) is 33.0 Å². The summed E-state index contributed by atoms with van der Waals surface area (Å²) < 4.78 is 0. The largest absolute Gasteiger partial charge is 0.314 e. The van der Waals surface area contributed by atoms with E-state index in [0.29, 0.717) is 6.04 Å². The van der Waals surface area contributed by atoms with Crippen molar-refractivity contribution in [3.05, 3.63) is 0 Å². The van der Waals surface area contributed by atoms with Crippen molar-refractivity contribution in [3.8, 4) is 0 Å². The SMILES string of the molecule is CC.CC(=O)C(C)(C)CC(C)(C)CNC(C)C. The van der Waals surface area contributed by atoms with Crippen LogP contribution in [0.4, 0.5) is 0 Å². The average molecular weight is 243 g/mol. The summed E-state index contributed by atoms with van der Waals surface area (Å²) in [4.78, 5) is 11.5. The monoisotopic (exact) mass is 243 g/mol. The third-order valence-corrected chi connectivity index (χ3v) is 2.86. The third kappa shape index (κ3) is 9.34. The zero-order valence-electron chi connectivity index (χ0n) is 13.4. The number of hydrogen-bond acceptors (Lipinski definition) is 2. The second-order valence-corrected chi connectivity index (χ2v) is 6.32. The van der Waals surface area contributed by atoms with Crippen molar-refractivity contribution in [1.29, 1.82) is 0 Å². The van der Waals surface area contributed by atoms with Gasteiger partial charge in [0.2, 0.25) is 0 Å². The van der Waals surface area contributed by atoms with Crippen LogP contribution in [0.3, 0.4) is 0 Å². The summed E-state index contributed by atoms with van der Waals surface area (Å²) in [6, 6.07) is 0.504. The maximum Gasteiger partial charge on any atom is 0.135 e. The molecule has 0 heterocycles. The van der Waals surface area contributed by atoms with Gasteiger partial charge >= 0.3 is 0 Å². The first kappa shape index (κ1) is 19.0. The molecule has 104 valence electrons. The van der Waals surface area contributed by atoms with Crippen molar-refractivity contribution < 1.29 is 4.79 Å². The Morgan fingerprint density at radius 3 is 1.82 bits per heavy atom. The van der Waals surface area contributed by atoms with E-state index in [0.717, 1.165) is 13.0 Å². The first-order valence-electron chi connectivity index (χ1n) is 6.81. The van der Waals surface area contributed by atoms with Crippen LogP contribution in [0, 0.1) is 10.8 Å². The van der Waals surface area contributed by atoms with Gasteiger partial charge in [0.1, 0.15) is 5.78 Å². The Bertz CT molecular complexity index is 217. The lowest BCUT2D eigenvalue weighted by Gasteiger charge is -2.34. The summed E-state index contributed by atoms with van der Waals surface area (Å²) in [7, 11) is 0.